The van der Waals surface area contributed by atoms with Gasteiger partial charge >= 0.3 is 18.0 Å². The third kappa shape index (κ3) is 6.23. The summed E-state index contributed by atoms with van der Waals surface area (Å²) in [6, 6.07) is 17.7. The molecule has 0 aromatic heterocycles. The van der Waals surface area contributed by atoms with E-state index in [4.69, 9.17) is 18.9 Å². The molecule has 54 heavy (non-hydrogen) atoms. The maximum absolute atomic E-state index is 15.1. The second kappa shape index (κ2) is 13.9. The molecule has 290 valence electrons. The molecular formula is C41H50N2O11. The number of amides is 1. The maximum atomic E-state index is 15.1. The molecule has 0 unspecified atom stereocenters. The molecule has 2 aromatic rings. The lowest BCUT2D eigenvalue weighted by atomic mass is 9.46. The van der Waals surface area contributed by atoms with E-state index in [1.807, 2.05) is 36.4 Å². The van der Waals surface area contributed by atoms with Crippen molar-refractivity contribution in [2.45, 2.75) is 108 Å². The third-order valence-electron chi connectivity index (χ3n) is 12.9. The van der Waals surface area contributed by atoms with Crippen LogP contribution in [0.3, 0.4) is 0 Å². The molecule has 2 aromatic carbocycles. The van der Waals surface area contributed by atoms with Gasteiger partial charge in [0, 0.05) is 50.7 Å². The number of nitrogens with one attached hydrogen (secondary N) is 1. The molecule has 10 atom stereocenters. The highest BCUT2D eigenvalue weighted by Gasteiger charge is 2.74. The Balaban J connectivity index is 1.27. The summed E-state index contributed by atoms with van der Waals surface area (Å²) in [5.74, 6) is -3.33. The average Bonchev–Trinajstić information content (AvgIpc) is 3.99. The molecule has 3 aliphatic carbocycles. The van der Waals surface area contributed by atoms with Crippen molar-refractivity contribution in [3.63, 3.8) is 0 Å². The number of ketones is 1. The number of Topliss-reactive ketones (excluding diaryl/α,β-unsaturated/α-hetero) is 1. The van der Waals surface area contributed by atoms with Crippen molar-refractivity contribution in [2.75, 3.05) is 19.7 Å². The standard InChI is InChI=1S/C41H50N2O11/c1-23-27(53-36(48)33(46)32(26-14-10-7-11-15-26)42-21-25-12-8-6-9-13-25)19-40(50)20-28-39(5,35(47)34(52-24(2)44)31(23)38(40,3)4)29(45)18-30-41(28,22-51-30)54-37(49)43-16-17-43/h6-15,27-30,32-34,42,45-46,50H,16-22H2,1-5H3/t27-,28-,29-,30+,32-,33+,34+,39-,40+,41+/m0/s1. The van der Waals surface area contributed by atoms with Gasteiger partial charge in [-0.2, -0.15) is 0 Å². The van der Waals surface area contributed by atoms with Crippen molar-refractivity contribution in [3.05, 3.63) is 82.9 Å². The second-order valence-corrected chi connectivity index (χ2v) is 16.3. The summed E-state index contributed by atoms with van der Waals surface area (Å²) in [6.07, 6.45) is -7.36. The number of hydrogen-bond acceptors (Lipinski definition) is 12. The van der Waals surface area contributed by atoms with Crippen molar-refractivity contribution >= 4 is 23.8 Å². The summed E-state index contributed by atoms with van der Waals surface area (Å²) in [6.45, 7) is 9.23. The Kier molecular flexibility index (Phi) is 9.79. The molecule has 2 saturated heterocycles. The molecule has 0 radical (unpaired) electrons. The lowest BCUT2D eigenvalue weighted by Crippen LogP contribution is -2.77. The Morgan fingerprint density at radius 1 is 1.00 bits per heavy atom. The minimum Gasteiger partial charge on any atom is -0.456 e. The van der Waals surface area contributed by atoms with Gasteiger partial charge in [-0.1, -0.05) is 74.5 Å². The Labute approximate surface area is 314 Å². The number of rotatable bonds is 9. The summed E-state index contributed by atoms with van der Waals surface area (Å²) in [7, 11) is 0. The zero-order chi connectivity index (χ0) is 38.8. The van der Waals surface area contributed by atoms with Crippen molar-refractivity contribution < 1.29 is 53.4 Å². The van der Waals surface area contributed by atoms with Crippen LogP contribution in [-0.2, 0) is 39.9 Å². The van der Waals surface area contributed by atoms with E-state index in [-0.39, 0.29) is 31.4 Å². The van der Waals surface area contributed by atoms with E-state index >= 15 is 4.79 Å². The van der Waals surface area contributed by atoms with Gasteiger partial charge in [0.2, 0.25) is 0 Å². The van der Waals surface area contributed by atoms with Crippen molar-refractivity contribution in [1.29, 1.82) is 0 Å². The van der Waals surface area contributed by atoms with Gasteiger partial charge in [-0.3, -0.25) is 9.59 Å². The molecular weight excluding hydrogens is 696 g/mol. The summed E-state index contributed by atoms with van der Waals surface area (Å²) < 4.78 is 24.0. The highest BCUT2D eigenvalue weighted by Crippen LogP contribution is 2.63. The molecule has 2 bridgehead atoms. The SMILES string of the molecule is CC(=O)O[C@H]1C(=O)[C@@]2(C)[C@H](C[C@]3(O)C[C@H](OC(=O)[C@H](O)[C@@H](NCc4ccccc4)c4ccccc4)C(C)=C1C3(C)C)[C@]1(OC(=O)N3CC3)CO[C@@H]1C[C@@H]2O. The molecule has 2 saturated carbocycles. The highest BCUT2D eigenvalue weighted by molar-refractivity contribution is 5.95. The molecule has 7 rings (SSSR count). The van der Waals surface area contributed by atoms with E-state index in [1.54, 1.807) is 52.0 Å². The molecule has 2 heterocycles. The third-order valence-corrected chi connectivity index (χ3v) is 12.9. The van der Waals surface area contributed by atoms with E-state index in [0.29, 0.717) is 30.8 Å². The van der Waals surface area contributed by atoms with Crippen LogP contribution in [0.25, 0.3) is 0 Å². The Morgan fingerprint density at radius 2 is 1.65 bits per heavy atom. The summed E-state index contributed by atoms with van der Waals surface area (Å²) >= 11 is 0. The molecule has 4 N–H and O–H groups in total. The van der Waals surface area contributed by atoms with Crippen LogP contribution in [0.15, 0.2) is 71.8 Å². The number of ether oxygens (including phenoxy) is 4. The fourth-order valence-corrected chi connectivity index (χ4v) is 9.40. The van der Waals surface area contributed by atoms with Gasteiger partial charge in [0.05, 0.1) is 29.8 Å². The van der Waals surface area contributed by atoms with Crippen molar-refractivity contribution in [3.8, 4) is 0 Å². The van der Waals surface area contributed by atoms with Crippen LogP contribution in [0.5, 0.6) is 0 Å². The van der Waals surface area contributed by atoms with Gasteiger partial charge in [-0.05, 0) is 42.5 Å². The van der Waals surface area contributed by atoms with Crippen LogP contribution in [0.4, 0.5) is 4.79 Å². The van der Waals surface area contributed by atoms with Gasteiger partial charge in [0.25, 0.3) is 0 Å². The van der Waals surface area contributed by atoms with Gasteiger partial charge in [-0.25, -0.2) is 9.59 Å². The number of aliphatic hydroxyl groups is 3. The number of esters is 2. The zero-order valence-electron chi connectivity index (χ0n) is 31.3. The molecule has 1 amide bonds. The van der Waals surface area contributed by atoms with E-state index in [2.05, 4.69) is 5.32 Å². The number of fused-ring (bicyclic) bond motifs is 5. The number of aliphatic hydroxyl groups excluding tert-OH is 2. The van der Waals surface area contributed by atoms with E-state index in [0.717, 1.165) is 5.56 Å². The van der Waals surface area contributed by atoms with Gasteiger partial charge in [0.15, 0.2) is 23.6 Å². The predicted octanol–water partition coefficient (Wildman–Crippen LogP) is 3.15. The number of benzene rings is 2. The first-order valence-electron chi connectivity index (χ1n) is 18.7. The largest absolute Gasteiger partial charge is 0.456 e. The number of hydrogen-bond donors (Lipinski definition) is 4. The Hall–Kier alpha value is -4.14. The van der Waals surface area contributed by atoms with Gasteiger partial charge in [-0.15, -0.1) is 0 Å². The lowest BCUT2D eigenvalue weighted by molar-refractivity contribution is -0.322. The average molecular weight is 747 g/mol. The molecule has 2 aliphatic heterocycles. The minimum atomic E-state index is -1.77. The van der Waals surface area contributed by atoms with Crippen LogP contribution in [0.1, 0.15) is 71.0 Å². The topological polar surface area (TPSA) is 181 Å². The lowest BCUT2D eigenvalue weighted by Gasteiger charge is -2.65. The minimum absolute atomic E-state index is 0.0162. The smallest absolute Gasteiger partial charge is 0.410 e. The normalized spacial score (nSPS) is 34.9. The molecule has 0 spiro atoms. The number of nitrogens with zero attached hydrogens (tertiary/aromatic N) is 1. The Bertz CT molecular complexity index is 1830. The van der Waals surface area contributed by atoms with Crippen LogP contribution in [0, 0.1) is 16.7 Å². The molecule has 13 nitrogen and oxygen atoms in total. The van der Waals surface area contributed by atoms with Gasteiger partial charge in [0.1, 0.15) is 12.2 Å². The molecule has 5 aliphatic rings. The fraction of sp³-hybridized carbons (Fsp3) is 0.561. The van der Waals surface area contributed by atoms with Crippen molar-refractivity contribution in [1.82, 2.24) is 10.2 Å². The highest BCUT2D eigenvalue weighted by atomic mass is 16.6. The van der Waals surface area contributed by atoms with E-state index in [9.17, 15) is 29.7 Å². The van der Waals surface area contributed by atoms with E-state index < -0.39 is 88.3 Å². The quantitative estimate of drug-likeness (QED) is 0.128. The molecule has 4 fully saturated rings. The number of carbonyl (C=O) groups excluding carboxylic acids is 4. The number of carbonyl (C=O) groups is 4. The first-order valence-corrected chi connectivity index (χ1v) is 18.7. The predicted molar refractivity (Wildman–Crippen MR) is 192 cm³/mol. The van der Waals surface area contributed by atoms with Crippen LogP contribution < -0.4 is 5.32 Å². The van der Waals surface area contributed by atoms with Crippen molar-refractivity contribution in [2.24, 2.45) is 16.7 Å². The van der Waals surface area contributed by atoms with Crippen LogP contribution in [-0.4, -0.2) is 105 Å². The maximum Gasteiger partial charge on any atom is 0.410 e. The van der Waals surface area contributed by atoms with Gasteiger partial charge < -0.3 is 44.5 Å². The first-order chi connectivity index (χ1) is 25.5. The monoisotopic (exact) mass is 746 g/mol. The fourth-order valence-electron chi connectivity index (χ4n) is 9.40. The summed E-state index contributed by atoms with van der Waals surface area (Å²) in [4.78, 5) is 56.6. The van der Waals surface area contributed by atoms with Crippen LogP contribution >= 0.6 is 0 Å². The zero-order valence-corrected chi connectivity index (χ0v) is 31.3. The Morgan fingerprint density at radius 3 is 2.24 bits per heavy atom. The van der Waals surface area contributed by atoms with Crippen LogP contribution in [0.2, 0.25) is 0 Å². The second-order valence-electron chi connectivity index (χ2n) is 16.3. The molecule has 13 heteroatoms. The first kappa shape index (κ1) is 38.1. The summed E-state index contributed by atoms with van der Waals surface area (Å²) in [5, 5.41) is 39.7. The van der Waals surface area contributed by atoms with E-state index in [1.165, 1.54) is 11.8 Å². The summed E-state index contributed by atoms with van der Waals surface area (Å²) in [5.41, 5.74) is -3.83.